The summed E-state index contributed by atoms with van der Waals surface area (Å²) in [6.07, 6.45) is 5.35. The summed E-state index contributed by atoms with van der Waals surface area (Å²) < 4.78 is 5.44. The van der Waals surface area contributed by atoms with Gasteiger partial charge >= 0.3 is 0 Å². The van der Waals surface area contributed by atoms with Crippen molar-refractivity contribution in [3.05, 3.63) is 30.1 Å². The second kappa shape index (κ2) is 6.46. The van der Waals surface area contributed by atoms with Gasteiger partial charge in [0.05, 0.1) is 12.1 Å². The molecule has 2 rings (SSSR count). The molecule has 1 aromatic rings. The number of hydrogen-bond acceptors (Lipinski definition) is 4. The van der Waals surface area contributed by atoms with Gasteiger partial charge in [-0.15, -0.1) is 0 Å². The molecule has 1 aromatic heterocycles. The number of hydrogen-bond donors (Lipinski definition) is 1. The zero-order valence-electron chi connectivity index (χ0n) is 12.0. The number of nitrogens with zero attached hydrogens (tertiary/aromatic N) is 2. The van der Waals surface area contributed by atoms with E-state index < -0.39 is 0 Å². The summed E-state index contributed by atoms with van der Waals surface area (Å²) in [6.45, 7) is 2.34. The molecule has 1 atom stereocenters. The van der Waals surface area contributed by atoms with Crippen LogP contribution in [0.15, 0.2) is 24.4 Å². The lowest BCUT2D eigenvalue weighted by atomic mass is 9.92. The highest BCUT2D eigenvalue weighted by molar-refractivity contribution is 5.06. The Labute approximate surface area is 116 Å². The standard InChI is InChI=1S/C15H25N3O/c1-18(10-8-14-5-3-4-9-17-14)15(11-16,12-19-2)13-6-7-13/h3-5,9,13H,6-8,10-12,16H2,1-2H3. The second-order valence-electron chi connectivity index (χ2n) is 5.51. The van der Waals surface area contributed by atoms with Crippen molar-refractivity contribution in [3.8, 4) is 0 Å². The Kier molecular flexibility index (Phi) is 4.91. The van der Waals surface area contributed by atoms with Crippen LogP contribution in [-0.2, 0) is 11.2 Å². The number of aromatic nitrogens is 1. The molecule has 0 aliphatic heterocycles. The fraction of sp³-hybridized carbons (Fsp3) is 0.667. The molecule has 4 nitrogen and oxygen atoms in total. The number of rotatable bonds is 8. The summed E-state index contributed by atoms with van der Waals surface area (Å²) in [6, 6.07) is 6.06. The van der Waals surface area contributed by atoms with Crippen LogP contribution in [0.2, 0.25) is 0 Å². The first kappa shape index (κ1) is 14.4. The summed E-state index contributed by atoms with van der Waals surface area (Å²) >= 11 is 0. The molecule has 1 unspecified atom stereocenters. The van der Waals surface area contributed by atoms with Crippen LogP contribution in [0, 0.1) is 5.92 Å². The maximum absolute atomic E-state index is 6.07. The molecular formula is C15H25N3O. The highest BCUT2D eigenvalue weighted by Gasteiger charge is 2.46. The van der Waals surface area contributed by atoms with E-state index >= 15 is 0 Å². The van der Waals surface area contributed by atoms with Crippen molar-refractivity contribution in [1.29, 1.82) is 0 Å². The topological polar surface area (TPSA) is 51.4 Å². The van der Waals surface area contributed by atoms with E-state index in [1.54, 1.807) is 7.11 Å². The highest BCUT2D eigenvalue weighted by atomic mass is 16.5. The van der Waals surface area contributed by atoms with Crippen molar-refractivity contribution in [2.24, 2.45) is 11.7 Å². The molecule has 4 heteroatoms. The van der Waals surface area contributed by atoms with Crippen LogP contribution in [0.4, 0.5) is 0 Å². The fourth-order valence-electron chi connectivity index (χ4n) is 2.84. The average molecular weight is 263 g/mol. The van der Waals surface area contributed by atoms with E-state index in [2.05, 4.69) is 23.0 Å². The molecule has 106 valence electrons. The van der Waals surface area contributed by atoms with Crippen molar-refractivity contribution in [2.45, 2.75) is 24.8 Å². The maximum atomic E-state index is 6.07. The molecule has 19 heavy (non-hydrogen) atoms. The molecule has 1 saturated carbocycles. The lowest BCUT2D eigenvalue weighted by Crippen LogP contribution is -2.57. The van der Waals surface area contributed by atoms with Gasteiger partial charge in [-0.25, -0.2) is 0 Å². The number of methoxy groups -OCH3 is 1. The van der Waals surface area contributed by atoms with Gasteiger partial charge in [0.15, 0.2) is 0 Å². The SMILES string of the molecule is COCC(CN)(C1CC1)N(C)CCc1ccccn1. The van der Waals surface area contributed by atoms with Crippen molar-refractivity contribution in [3.63, 3.8) is 0 Å². The first-order chi connectivity index (χ1) is 9.23. The third-order valence-corrected chi connectivity index (χ3v) is 4.27. The summed E-state index contributed by atoms with van der Waals surface area (Å²) in [5, 5.41) is 0. The Morgan fingerprint density at radius 3 is 2.79 bits per heavy atom. The molecule has 1 fully saturated rings. The Morgan fingerprint density at radius 2 is 2.26 bits per heavy atom. The van der Waals surface area contributed by atoms with Crippen molar-refractivity contribution < 1.29 is 4.74 Å². The quantitative estimate of drug-likeness (QED) is 0.768. The second-order valence-corrected chi connectivity index (χ2v) is 5.51. The molecule has 0 bridgehead atoms. The molecular weight excluding hydrogens is 238 g/mol. The Morgan fingerprint density at radius 1 is 1.47 bits per heavy atom. The van der Waals surface area contributed by atoms with Crippen molar-refractivity contribution >= 4 is 0 Å². The van der Waals surface area contributed by atoms with Gasteiger partial charge in [-0.1, -0.05) is 6.07 Å². The summed E-state index contributed by atoms with van der Waals surface area (Å²) in [5.41, 5.74) is 7.20. The van der Waals surface area contributed by atoms with Gasteiger partial charge < -0.3 is 10.5 Å². The molecule has 0 spiro atoms. The minimum absolute atomic E-state index is 0.00350. The Balaban J connectivity index is 1.97. The van der Waals surface area contributed by atoms with Crippen molar-refractivity contribution in [1.82, 2.24) is 9.88 Å². The molecule has 0 radical (unpaired) electrons. The smallest absolute Gasteiger partial charge is 0.0661 e. The van der Waals surface area contributed by atoms with Gasteiger partial charge in [-0.2, -0.15) is 0 Å². The molecule has 0 saturated heterocycles. The first-order valence-electron chi connectivity index (χ1n) is 7.03. The van der Waals surface area contributed by atoms with E-state index in [1.165, 1.54) is 12.8 Å². The lowest BCUT2D eigenvalue weighted by molar-refractivity contribution is 0.0156. The van der Waals surface area contributed by atoms with Crippen molar-refractivity contribution in [2.75, 3.05) is 33.9 Å². The molecule has 1 aliphatic carbocycles. The predicted octanol–water partition coefficient (Wildman–Crippen LogP) is 1.31. The third-order valence-electron chi connectivity index (χ3n) is 4.27. The molecule has 1 aliphatic rings. The van der Waals surface area contributed by atoms with E-state index in [0.29, 0.717) is 19.1 Å². The van der Waals surface area contributed by atoms with E-state index in [-0.39, 0.29) is 5.54 Å². The first-order valence-corrected chi connectivity index (χ1v) is 7.03. The highest BCUT2D eigenvalue weighted by Crippen LogP contribution is 2.42. The number of ether oxygens (including phenoxy) is 1. The zero-order valence-corrected chi connectivity index (χ0v) is 12.0. The van der Waals surface area contributed by atoms with Gasteiger partial charge in [0.25, 0.3) is 0 Å². The minimum Gasteiger partial charge on any atom is -0.383 e. The van der Waals surface area contributed by atoms with Gasteiger partial charge in [0.2, 0.25) is 0 Å². The summed E-state index contributed by atoms with van der Waals surface area (Å²) in [4.78, 5) is 6.75. The Hall–Kier alpha value is -0.970. The van der Waals surface area contributed by atoms with Crippen LogP contribution in [0.3, 0.4) is 0 Å². The lowest BCUT2D eigenvalue weighted by Gasteiger charge is -2.41. The van der Waals surface area contributed by atoms with Crippen LogP contribution < -0.4 is 5.73 Å². The monoisotopic (exact) mass is 263 g/mol. The number of nitrogens with two attached hydrogens (primary N) is 1. The van der Waals surface area contributed by atoms with Crippen LogP contribution in [0.1, 0.15) is 18.5 Å². The van der Waals surface area contributed by atoms with Crippen LogP contribution in [-0.4, -0.2) is 49.3 Å². The summed E-state index contributed by atoms with van der Waals surface area (Å²) in [7, 11) is 3.92. The molecule has 1 heterocycles. The number of likely N-dealkylation sites (N-methyl/N-ethyl adjacent to an activating group) is 1. The van der Waals surface area contributed by atoms with Gasteiger partial charge in [0.1, 0.15) is 0 Å². The van der Waals surface area contributed by atoms with Gasteiger partial charge in [-0.3, -0.25) is 9.88 Å². The van der Waals surface area contributed by atoms with Crippen LogP contribution >= 0.6 is 0 Å². The van der Waals surface area contributed by atoms with E-state index in [9.17, 15) is 0 Å². The average Bonchev–Trinajstić information content (AvgIpc) is 3.28. The largest absolute Gasteiger partial charge is 0.383 e. The third kappa shape index (κ3) is 3.32. The molecule has 2 N–H and O–H groups in total. The predicted molar refractivity (Wildman–Crippen MR) is 77.0 cm³/mol. The Bertz CT molecular complexity index is 380. The number of pyridine rings is 1. The van der Waals surface area contributed by atoms with Gasteiger partial charge in [-0.05, 0) is 37.9 Å². The van der Waals surface area contributed by atoms with Gasteiger partial charge in [0, 0.05) is 38.5 Å². The molecule has 0 aromatic carbocycles. The van der Waals surface area contributed by atoms with Crippen LogP contribution in [0.25, 0.3) is 0 Å². The summed E-state index contributed by atoms with van der Waals surface area (Å²) in [5.74, 6) is 0.686. The zero-order chi connectivity index (χ0) is 13.7. The van der Waals surface area contributed by atoms with Crippen LogP contribution in [0.5, 0.6) is 0 Å². The van der Waals surface area contributed by atoms with E-state index in [1.807, 2.05) is 18.3 Å². The maximum Gasteiger partial charge on any atom is 0.0661 e. The minimum atomic E-state index is 0.00350. The van der Waals surface area contributed by atoms with E-state index in [0.717, 1.165) is 18.7 Å². The molecule has 0 amide bonds. The fourth-order valence-corrected chi connectivity index (χ4v) is 2.84. The normalized spacial score (nSPS) is 18.5. The van der Waals surface area contributed by atoms with E-state index in [4.69, 9.17) is 10.5 Å².